The zero-order valence-electron chi connectivity index (χ0n) is 20.3. The Kier molecular flexibility index (Phi) is 7.90. The second-order valence-corrected chi connectivity index (χ2v) is 9.86. The highest BCUT2D eigenvalue weighted by molar-refractivity contribution is 7.99. The van der Waals surface area contributed by atoms with Crippen molar-refractivity contribution in [3.05, 3.63) is 59.2 Å². The molecule has 4 rings (SSSR count). The summed E-state index contributed by atoms with van der Waals surface area (Å²) in [6.45, 7) is 6.03. The van der Waals surface area contributed by atoms with Crippen LogP contribution in [0, 0.1) is 13.8 Å². The molecule has 1 unspecified atom stereocenters. The maximum Gasteiger partial charge on any atom is 0.277 e. The largest absolute Gasteiger partial charge is 0.411 e. The summed E-state index contributed by atoms with van der Waals surface area (Å²) in [4.78, 5) is 17.1. The summed E-state index contributed by atoms with van der Waals surface area (Å²) >= 11 is 1.28. The van der Waals surface area contributed by atoms with E-state index < -0.39 is 0 Å². The number of hydrogen-bond donors (Lipinski definition) is 0. The van der Waals surface area contributed by atoms with Crippen molar-refractivity contribution in [1.29, 1.82) is 0 Å². The molecule has 1 fully saturated rings. The molecule has 2 heterocycles. The van der Waals surface area contributed by atoms with Gasteiger partial charge in [0.25, 0.3) is 5.22 Å². The average Bonchev–Trinajstić information content (AvgIpc) is 3.51. The van der Waals surface area contributed by atoms with Crippen LogP contribution in [-0.2, 0) is 16.1 Å². The van der Waals surface area contributed by atoms with Gasteiger partial charge < -0.3 is 19.0 Å². The molecule has 8 heteroatoms. The Morgan fingerprint density at radius 1 is 1.09 bits per heavy atom. The summed E-state index contributed by atoms with van der Waals surface area (Å²) in [5, 5.41) is 8.70. The van der Waals surface area contributed by atoms with Crippen LogP contribution in [-0.4, -0.2) is 60.1 Å². The number of nitrogens with zero attached hydrogens (tertiary/aromatic N) is 4. The molecule has 1 amide bonds. The van der Waals surface area contributed by atoms with E-state index in [0.717, 1.165) is 36.3 Å². The van der Waals surface area contributed by atoms with E-state index in [9.17, 15) is 4.79 Å². The van der Waals surface area contributed by atoms with Crippen molar-refractivity contribution in [1.82, 2.24) is 15.1 Å². The normalized spacial score (nSPS) is 15.5. The number of anilines is 1. The van der Waals surface area contributed by atoms with Crippen molar-refractivity contribution >= 4 is 23.4 Å². The Bertz CT molecular complexity index is 1110. The topological polar surface area (TPSA) is 71.7 Å². The van der Waals surface area contributed by atoms with Crippen molar-refractivity contribution in [2.24, 2.45) is 0 Å². The average molecular weight is 481 g/mol. The van der Waals surface area contributed by atoms with Gasteiger partial charge in [-0.25, -0.2) is 0 Å². The van der Waals surface area contributed by atoms with E-state index in [1.807, 2.05) is 37.2 Å². The van der Waals surface area contributed by atoms with Crippen LogP contribution in [0.3, 0.4) is 0 Å². The van der Waals surface area contributed by atoms with E-state index in [1.165, 1.54) is 22.9 Å². The van der Waals surface area contributed by atoms with E-state index in [0.29, 0.717) is 24.2 Å². The van der Waals surface area contributed by atoms with E-state index >= 15 is 0 Å². The molecule has 1 aliphatic rings. The van der Waals surface area contributed by atoms with Crippen molar-refractivity contribution in [2.45, 2.75) is 44.6 Å². The summed E-state index contributed by atoms with van der Waals surface area (Å²) in [5.74, 6) is 0.732. The van der Waals surface area contributed by atoms with Crippen molar-refractivity contribution in [3.63, 3.8) is 0 Å². The third-order valence-corrected chi connectivity index (χ3v) is 6.91. The summed E-state index contributed by atoms with van der Waals surface area (Å²) in [7, 11) is 4.03. The molecule has 7 nitrogen and oxygen atoms in total. The Hall–Kier alpha value is -2.84. The van der Waals surface area contributed by atoms with Gasteiger partial charge in [0, 0.05) is 45.0 Å². The van der Waals surface area contributed by atoms with Gasteiger partial charge in [0.1, 0.15) is 0 Å². The van der Waals surface area contributed by atoms with Crippen LogP contribution >= 0.6 is 11.8 Å². The van der Waals surface area contributed by atoms with Crippen LogP contribution in [0.25, 0.3) is 11.5 Å². The standard InChI is InChI=1S/C26H32N4O3S/c1-18-7-10-21(14-19(18)2)25-27-28-26(33-25)34-17-24(31)30(16-23-6-5-13-32-23)15-20-8-11-22(12-9-20)29(3)4/h7-12,14,23H,5-6,13,15-17H2,1-4H3. The molecular formula is C26H32N4O3S. The Morgan fingerprint density at radius 2 is 1.88 bits per heavy atom. The predicted molar refractivity (Wildman–Crippen MR) is 135 cm³/mol. The molecule has 1 aromatic heterocycles. The number of hydrogen-bond acceptors (Lipinski definition) is 7. The van der Waals surface area contributed by atoms with Gasteiger partial charge in [0.15, 0.2) is 0 Å². The first-order chi connectivity index (χ1) is 16.4. The fourth-order valence-corrected chi connectivity index (χ4v) is 4.55. The number of ether oxygens (including phenoxy) is 1. The molecular weight excluding hydrogens is 448 g/mol. The van der Waals surface area contributed by atoms with E-state index in [2.05, 4.69) is 53.2 Å². The first kappa shape index (κ1) is 24.3. The van der Waals surface area contributed by atoms with Crippen LogP contribution in [0.15, 0.2) is 52.1 Å². The van der Waals surface area contributed by atoms with Gasteiger partial charge in [-0.3, -0.25) is 4.79 Å². The highest BCUT2D eigenvalue weighted by Crippen LogP contribution is 2.25. The van der Waals surface area contributed by atoms with Crippen molar-refractivity contribution in [3.8, 4) is 11.5 Å². The molecule has 1 atom stereocenters. The first-order valence-electron chi connectivity index (χ1n) is 11.6. The SMILES string of the molecule is Cc1ccc(-c2nnc(SCC(=O)N(Cc3ccc(N(C)C)cc3)CC3CCCO3)o2)cc1C. The molecule has 0 bridgehead atoms. The predicted octanol–water partition coefficient (Wildman–Crippen LogP) is 4.72. The summed E-state index contributed by atoms with van der Waals surface area (Å²) in [5.41, 5.74) is 5.49. The Balaban J connectivity index is 1.40. The number of carbonyl (C=O) groups is 1. The maximum absolute atomic E-state index is 13.2. The first-order valence-corrected chi connectivity index (χ1v) is 12.6. The van der Waals surface area contributed by atoms with Crippen LogP contribution < -0.4 is 4.90 Å². The number of carbonyl (C=O) groups excluding carboxylic acids is 1. The molecule has 1 saturated heterocycles. The van der Waals surface area contributed by atoms with Gasteiger partial charge >= 0.3 is 0 Å². The quantitative estimate of drug-likeness (QED) is 0.410. The lowest BCUT2D eigenvalue weighted by atomic mass is 10.1. The molecule has 2 aromatic carbocycles. The number of thioether (sulfide) groups is 1. The van der Waals surface area contributed by atoms with E-state index in [4.69, 9.17) is 9.15 Å². The van der Waals surface area contributed by atoms with Gasteiger partial charge in [0.05, 0.1) is 11.9 Å². The Labute approximate surface area is 205 Å². The van der Waals surface area contributed by atoms with Crippen LogP contribution in [0.4, 0.5) is 5.69 Å². The fourth-order valence-electron chi connectivity index (χ4n) is 3.88. The summed E-state index contributed by atoms with van der Waals surface area (Å²) in [6, 6.07) is 14.3. The van der Waals surface area contributed by atoms with Crippen molar-refractivity contribution in [2.75, 3.05) is 37.9 Å². The second kappa shape index (κ2) is 11.1. The lowest BCUT2D eigenvalue weighted by molar-refractivity contribution is -0.130. The molecule has 0 aliphatic carbocycles. The second-order valence-electron chi connectivity index (χ2n) is 8.93. The molecule has 180 valence electrons. The van der Waals surface area contributed by atoms with Gasteiger partial charge in [0.2, 0.25) is 11.8 Å². The minimum absolute atomic E-state index is 0.0307. The number of benzene rings is 2. The van der Waals surface area contributed by atoms with E-state index in [1.54, 1.807) is 0 Å². The maximum atomic E-state index is 13.2. The number of amides is 1. The van der Waals surface area contributed by atoms with Gasteiger partial charge in [-0.05, 0) is 67.6 Å². The van der Waals surface area contributed by atoms with E-state index in [-0.39, 0.29) is 17.8 Å². The highest BCUT2D eigenvalue weighted by Gasteiger charge is 2.23. The van der Waals surface area contributed by atoms with Crippen molar-refractivity contribution < 1.29 is 13.9 Å². The van der Waals surface area contributed by atoms with Crippen LogP contribution in [0.1, 0.15) is 29.5 Å². The number of aryl methyl sites for hydroxylation is 2. The summed E-state index contributed by atoms with van der Waals surface area (Å²) in [6.07, 6.45) is 2.12. The molecule has 1 aliphatic heterocycles. The number of rotatable bonds is 9. The third-order valence-electron chi connectivity index (χ3n) is 6.11. The van der Waals surface area contributed by atoms with Gasteiger partial charge in [-0.2, -0.15) is 0 Å². The fraction of sp³-hybridized carbons (Fsp3) is 0.423. The van der Waals surface area contributed by atoms with Gasteiger partial charge in [-0.1, -0.05) is 30.0 Å². The lowest BCUT2D eigenvalue weighted by Gasteiger charge is -2.25. The van der Waals surface area contributed by atoms with Crippen LogP contribution in [0.2, 0.25) is 0 Å². The molecule has 0 saturated carbocycles. The minimum Gasteiger partial charge on any atom is -0.411 e. The molecule has 3 aromatic rings. The molecule has 0 N–H and O–H groups in total. The highest BCUT2D eigenvalue weighted by atomic mass is 32.2. The molecule has 0 spiro atoms. The van der Waals surface area contributed by atoms with Crippen LogP contribution in [0.5, 0.6) is 0 Å². The lowest BCUT2D eigenvalue weighted by Crippen LogP contribution is -2.38. The minimum atomic E-state index is 0.0307. The zero-order chi connectivity index (χ0) is 24.1. The zero-order valence-corrected chi connectivity index (χ0v) is 21.1. The molecule has 34 heavy (non-hydrogen) atoms. The third kappa shape index (κ3) is 6.18. The summed E-state index contributed by atoms with van der Waals surface area (Å²) < 4.78 is 11.6. The smallest absolute Gasteiger partial charge is 0.277 e. The van der Waals surface area contributed by atoms with Gasteiger partial charge in [-0.15, -0.1) is 10.2 Å². The Morgan fingerprint density at radius 3 is 2.56 bits per heavy atom. The number of aromatic nitrogens is 2. The monoisotopic (exact) mass is 480 g/mol. The molecule has 0 radical (unpaired) electrons.